The van der Waals surface area contributed by atoms with Crippen LogP contribution in [0.25, 0.3) is 0 Å². The second-order valence-corrected chi connectivity index (χ2v) is 3.82. The first-order valence-corrected chi connectivity index (χ1v) is 5.65. The van der Waals surface area contributed by atoms with Crippen molar-refractivity contribution in [2.24, 2.45) is 16.8 Å². The van der Waals surface area contributed by atoms with Crippen LogP contribution in [0.1, 0.15) is 13.3 Å². The number of benzene rings is 1. The van der Waals surface area contributed by atoms with E-state index in [0.717, 1.165) is 0 Å². The third-order valence-electron chi connectivity index (χ3n) is 2.63. The SMILES string of the molecule is CCC(C(=O)Nc1cc(OC)ccc1F)C(N)=NO. The maximum atomic E-state index is 13.5. The molecule has 0 aliphatic carbocycles. The number of amidine groups is 1. The van der Waals surface area contributed by atoms with Crippen LogP contribution < -0.4 is 15.8 Å². The lowest BCUT2D eigenvalue weighted by Gasteiger charge is -2.14. The van der Waals surface area contributed by atoms with Gasteiger partial charge in [0.1, 0.15) is 11.6 Å². The summed E-state index contributed by atoms with van der Waals surface area (Å²) >= 11 is 0. The van der Waals surface area contributed by atoms with Crippen molar-refractivity contribution in [3.05, 3.63) is 24.0 Å². The van der Waals surface area contributed by atoms with Crippen LogP contribution in [0, 0.1) is 11.7 Å². The van der Waals surface area contributed by atoms with E-state index < -0.39 is 17.6 Å². The van der Waals surface area contributed by atoms with Gasteiger partial charge in [-0.1, -0.05) is 12.1 Å². The molecule has 6 nitrogen and oxygen atoms in total. The van der Waals surface area contributed by atoms with E-state index in [-0.39, 0.29) is 11.5 Å². The number of rotatable bonds is 5. The minimum atomic E-state index is -0.824. The molecule has 1 unspecified atom stereocenters. The molecule has 1 amide bonds. The number of oxime groups is 1. The molecule has 1 atom stereocenters. The first-order valence-electron chi connectivity index (χ1n) is 5.65. The molecule has 4 N–H and O–H groups in total. The molecule has 1 aromatic carbocycles. The van der Waals surface area contributed by atoms with E-state index in [1.807, 2.05) is 0 Å². The van der Waals surface area contributed by atoms with Crippen molar-refractivity contribution >= 4 is 17.4 Å². The second-order valence-electron chi connectivity index (χ2n) is 3.82. The van der Waals surface area contributed by atoms with Crippen molar-refractivity contribution in [1.82, 2.24) is 0 Å². The van der Waals surface area contributed by atoms with Gasteiger partial charge in [0.2, 0.25) is 5.91 Å². The summed E-state index contributed by atoms with van der Waals surface area (Å²) in [6.07, 6.45) is 0.327. The number of methoxy groups -OCH3 is 1. The maximum absolute atomic E-state index is 13.5. The fourth-order valence-corrected chi connectivity index (χ4v) is 1.55. The number of hydrogen-bond donors (Lipinski definition) is 3. The van der Waals surface area contributed by atoms with E-state index >= 15 is 0 Å². The number of ether oxygens (including phenoxy) is 1. The van der Waals surface area contributed by atoms with Crippen LogP contribution in [0.15, 0.2) is 23.4 Å². The van der Waals surface area contributed by atoms with Gasteiger partial charge in [0.25, 0.3) is 0 Å². The Morgan fingerprint density at radius 2 is 2.32 bits per heavy atom. The summed E-state index contributed by atoms with van der Waals surface area (Å²) in [5.74, 6) is -1.78. The summed E-state index contributed by atoms with van der Waals surface area (Å²) < 4.78 is 18.5. The van der Waals surface area contributed by atoms with Crippen LogP contribution in [-0.2, 0) is 4.79 Å². The highest BCUT2D eigenvalue weighted by atomic mass is 19.1. The molecular formula is C12H16FN3O3. The number of nitrogens with zero attached hydrogens (tertiary/aromatic N) is 1. The van der Waals surface area contributed by atoms with Crippen LogP contribution in [-0.4, -0.2) is 24.1 Å². The molecule has 19 heavy (non-hydrogen) atoms. The highest BCUT2D eigenvalue weighted by Gasteiger charge is 2.22. The summed E-state index contributed by atoms with van der Waals surface area (Å²) in [6, 6.07) is 3.97. The smallest absolute Gasteiger partial charge is 0.235 e. The van der Waals surface area contributed by atoms with Crippen LogP contribution in [0.2, 0.25) is 0 Å². The molecule has 1 rings (SSSR count). The molecule has 0 radical (unpaired) electrons. The quantitative estimate of drug-likeness (QED) is 0.327. The number of nitrogens with two attached hydrogens (primary N) is 1. The zero-order chi connectivity index (χ0) is 14.4. The molecule has 0 saturated heterocycles. The number of nitrogens with one attached hydrogen (secondary N) is 1. The van der Waals surface area contributed by atoms with Gasteiger partial charge in [-0.3, -0.25) is 4.79 Å². The summed E-state index contributed by atoms with van der Waals surface area (Å²) in [7, 11) is 1.43. The predicted octanol–water partition coefficient (Wildman–Crippen LogP) is 1.55. The fourth-order valence-electron chi connectivity index (χ4n) is 1.55. The summed E-state index contributed by atoms with van der Waals surface area (Å²) in [5, 5.41) is 13.8. The van der Waals surface area contributed by atoms with Crippen molar-refractivity contribution in [3.8, 4) is 5.75 Å². The zero-order valence-corrected chi connectivity index (χ0v) is 10.7. The molecule has 0 aromatic heterocycles. The van der Waals surface area contributed by atoms with Crippen LogP contribution in [0.4, 0.5) is 10.1 Å². The first kappa shape index (κ1) is 14.7. The van der Waals surface area contributed by atoms with Gasteiger partial charge in [-0.25, -0.2) is 4.39 Å². The largest absolute Gasteiger partial charge is 0.497 e. The average Bonchev–Trinajstić information content (AvgIpc) is 2.41. The average molecular weight is 269 g/mol. The summed E-state index contributed by atoms with van der Waals surface area (Å²) in [4.78, 5) is 11.9. The summed E-state index contributed by atoms with van der Waals surface area (Å²) in [6.45, 7) is 1.70. The number of carbonyl (C=O) groups excluding carboxylic acids is 1. The third kappa shape index (κ3) is 3.57. The Bertz CT molecular complexity index is 491. The van der Waals surface area contributed by atoms with Gasteiger partial charge in [-0.05, 0) is 18.6 Å². The zero-order valence-electron chi connectivity index (χ0n) is 10.7. The topological polar surface area (TPSA) is 96.9 Å². The minimum absolute atomic E-state index is 0.0199. The standard InChI is InChI=1S/C12H16FN3O3/c1-3-8(11(14)16-18)12(17)15-10-6-7(19-2)4-5-9(10)13/h4-6,8,18H,3H2,1-2H3,(H2,14,16)(H,15,17). The van der Waals surface area contributed by atoms with Crippen LogP contribution in [0.3, 0.4) is 0 Å². The predicted molar refractivity (Wildman–Crippen MR) is 68.8 cm³/mol. The number of amides is 1. The second kappa shape index (κ2) is 6.58. The van der Waals surface area contributed by atoms with Gasteiger partial charge in [-0.2, -0.15) is 0 Å². The molecule has 0 saturated carbocycles. The van der Waals surface area contributed by atoms with Gasteiger partial charge >= 0.3 is 0 Å². The highest BCUT2D eigenvalue weighted by molar-refractivity contribution is 6.07. The number of carbonyl (C=O) groups is 1. The number of hydrogen-bond acceptors (Lipinski definition) is 4. The lowest BCUT2D eigenvalue weighted by Crippen LogP contribution is -2.34. The fraction of sp³-hybridized carbons (Fsp3) is 0.333. The Morgan fingerprint density at radius 3 is 2.84 bits per heavy atom. The van der Waals surface area contributed by atoms with Crippen molar-refractivity contribution < 1.29 is 19.1 Å². The lowest BCUT2D eigenvalue weighted by atomic mass is 10.0. The lowest BCUT2D eigenvalue weighted by molar-refractivity contribution is -0.118. The van der Waals surface area contributed by atoms with Gasteiger partial charge in [0, 0.05) is 6.07 Å². The van der Waals surface area contributed by atoms with Crippen molar-refractivity contribution in [1.29, 1.82) is 0 Å². The van der Waals surface area contributed by atoms with E-state index in [1.54, 1.807) is 6.92 Å². The summed E-state index contributed by atoms with van der Waals surface area (Å²) in [5.41, 5.74) is 5.38. The molecule has 1 aromatic rings. The van der Waals surface area contributed by atoms with Crippen molar-refractivity contribution in [2.45, 2.75) is 13.3 Å². The minimum Gasteiger partial charge on any atom is -0.497 e. The van der Waals surface area contributed by atoms with E-state index in [2.05, 4.69) is 10.5 Å². The number of anilines is 1. The molecule has 0 aliphatic heterocycles. The Balaban J connectivity index is 2.92. The Kier molecular flexibility index (Phi) is 5.11. The van der Waals surface area contributed by atoms with Crippen LogP contribution >= 0.6 is 0 Å². The van der Waals surface area contributed by atoms with Crippen molar-refractivity contribution in [2.75, 3.05) is 12.4 Å². The third-order valence-corrected chi connectivity index (χ3v) is 2.63. The van der Waals surface area contributed by atoms with E-state index in [4.69, 9.17) is 15.7 Å². The molecule has 0 heterocycles. The Morgan fingerprint density at radius 1 is 1.63 bits per heavy atom. The monoisotopic (exact) mass is 269 g/mol. The molecule has 104 valence electrons. The van der Waals surface area contributed by atoms with E-state index in [9.17, 15) is 9.18 Å². The molecule has 0 spiro atoms. The molecule has 0 bridgehead atoms. The molecule has 7 heteroatoms. The van der Waals surface area contributed by atoms with Gasteiger partial charge < -0.3 is 21.0 Å². The van der Waals surface area contributed by atoms with Gasteiger partial charge in [0.05, 0.1) is 18.7 Å². The van der Waals surface area contributed by atoms with Gasteiger partial charge in [0.15, 0.2) is 5.84 Å². The van der Waals surface area contributed by atoms with Crippen LogP contribution in [0.5, 0.6) is 5.75 Å². The first-order chi connectivity index (χ1) is 9.03. The number of halogens is 1. The molecular weight excluding hydrogens is 253 g/mol. The molecule has 0 fully saturated rings. The highest BCUT2D eigenvalue weighted by Crippen LogP contribution is 2.22. The normalized spacial score (nSPS) is 12.9. The Hall–Kier alpha value is -2.31. The molecule has 0 aliphatic rings. The van der Waals surface area contributed by atoms with E-state index in [0.29, 0.717) is 12.2 Å². The van der Waals surface area contributed by atoms with Gasteiger partial charge in [-0.15, -0.1) is 0 Å². The van der Waals surface area contributed by atoms with E-state index in [1.165, 1.54) is 25.3 Å². The van der Waals surface area contributed by atoms with Crippen molar-refractivity contribution in [3.63, 3.8) is 0 Å². The maximum Gasteiger partial charge on any atom is 0.235 e. The Labute approximate surface area is 110 Å².